The smallest absolute Gasteiger partial charge is 0.257 e. The predicted molar refractivity (Wildman–Crippen MR) is 103 cm³/mol. The molecule has 1 saturated carbocycles. The summed E-state index contributed by atoms with van der Waals surface area (Å²) >= 11 is 0. The molecule has 0 radical (unpaired) electrons. The zero-order valence-electron chi connectivity index (χ0n) is 14.9. The highest BCUT2D eigenvalue weighted by atomic mass is 16.2. The van der Waals surface area contributed by atoms with Crippen LogP contribution in [-0.2, 0) is 4.79 Å². The van der Waals surface area contributed by atoms with Crippen LogP contribution in [0.3, 0.4) is 0 Å². The Balaban J connectivity index is 1.56. The maximum Gasteiger partial charge on any atom is 0.257 e. The molecule has 0 bridgehead atoms. The van der Waals surface area contributed by atoms with Crippen LogP contribution in [0.5, 0.6) is 0 Å². The van der Waals surface area contributed by atoms with Gasteiger partial charge in [-0.05, 0) is 62.1 Å². The summed E-state index contributed by atoms with van der Waals surface area (Å²) in [6, 6.07) is 10.5. The maximum atomic E-state index is 12.2. The average molecular weight is 349 g/mol. The molecular weight excluding hydrogens is 326 g/mol. The molecule has 1 aromatic heterocycles. The van der Waals surface area contributed by atoms with Crippen LogP contribution in [-0.4, -0.2) is 16.8 Å². The molecule has 0 spiro atoms. The van der Waals surface area contributed by atoms with E-state index in [9.17, 15) is 9.59 Å². The molecule has 134 valence electrons. The minimum atomic E-state index is -0.218. The van der Waals surface area contributed by atoms with Crippen molar-refractivity contribution in [3.05, 3.63) is 66.0 Å². The predicted octanol–water partition coefficient (Wildman–Crippen LogP) is 4.41. The van der Waals surface area contributed by atoms with Gasteiger partial charge < -0.3 is 10.6 Å². The SMILES string of the molecule is C/C(=C\C(=O)Nc1ccc(NC(=O)c2cccnc2)cc1)C1CCCC1. The molecule has 2 aromatic rings. The molecule has 1 fully saturated rings. The van der Waals surface area contributed by atoms with E-state index in [4.69, 9.17) is 0 Å². The van der Waals surface area contributed by atoms with E-state index in [0.717, 1.165) is 5.57 Å². The quantitative estimate of drug-likeness (QED) is 0.786. The van der Waals surface area contributed by atoms with E-state index in [-0.39, 0.29) is 11.8 Å². The van der Waals surface area contributed by atoms with E-state index in [0.29, 0.717) is 22.9 Å². The number of nitrogens with one attached hydrogen (secondary N) is 2. The summed E-state index contributed by atoms with van der Waals surface area (Å²) in [6.07, 6.45) is 9.71. The Labute approximate surface area is 153 Å². The lowest BCUT2D eigenvalue weighted by Crippen LogP contribution is -2.12. The Kier molecular flexibility index (Phi) is 5.79. The van der Waals surface area contributed by atoms with Crippen LogP contribution in [0.1, 0.15) is 43.0 Å². The lowest BCUT2D eigenvalue weighted by Gasteiger charge is -2.10. The number of carbonyl (C=O) groups is 2. The van der Waals surface area contributed by atoms with E-state index in [1.807, 2.05) is 6.92 Å². The second-order valence-corrected chi connectivity index (χ2v) is 6.63. The highest BCUT2D eigenvalue weighted by Gasteiger charge is 2.17. The number of aromatic nitrogens is 1. The van der Waals surface area contributed by atoms with Crippen molar-refractivity contribution in [3.8, 4) is 0 Å². The van der Waals surface area contributed by atoms with Gasteiger partial charge in [0.2, 0.25) is 5.91 Å². The number of rotatable bonds is 5. The zero-order valence-corrected chi connectivity index (χ0v) is 14.9. The van der Waals surface area contributed by atoms with Gasteiger partial charge in [-0.15, -0.1) is 0 Å². The Hall–Kier alpha value is -2.95. The molecule has 1 aliphatic carbocycles. The Morgan fingerprint density at radius 2 is 1.69 bits per heavy atom. The molecule has 26 heavy (non-hydrogen) atoms. The van der Waals surface area contributed by atoms with Crippen molar-refractivity contribution in [3.63, 3.8) is 0 Å². The van der Waals surface area contributed by atoms with Gasteiger partial charge in [-0.25, -0.2) is 0 Å². The Bertz CT molecular complexity index is 792. The lowest BCUT2D eigenvalue weighted by molar-refractivity contribution is -0.112. The van der Waals surface area contributed by atoms with Crippen molar-refractivity contribution in [1.29, 1.82) is 0 Å². The van der Waals surface area contributed by atoms with E-state index in [2.05, 4.69) is 15.6 Å². The van der Waals surface area contributed by atoms with Crippen LogP contribution in [0.25, 0.3) is 0 Å². The molecule has 5 heteroatoms. The summed E-state index contributed by atoms with van der Waals surface area (Å²) in [5.74, 6) is 0.220. The van der Waals surface area contributed by atoms with E-state index >= 15 is 0 Å². The van der Waals surface area contributed by atoms with Crippen LogP contribution in [0.15, 0.2) is 60.4 Å². The van der Waals surface area contributed by atoms with Crippen LogP contribution < -0.4 is 10.6 Å². The third kappa shape index (κ3) is 4.79. The van der Waals surface area contributed by atoms with Gasteiger partial charge in [0.05, 0.1) is 5.56 Å². The summed E-state index contributed by atoms with van der Waals surface area (Å²) < 4.78 is 0. The molecular formula is C21H23N3O2. The fourth-order valence-electron chi connectivity index (χ4n) is 3.22. The maximum absolute atomic E-state index is 12.2. The number of pyridine rings is 1. The lowest BCUT2D eigenvalue weighted by atomic mass is 9.99. The van der Waals surface area contributed by atoms with Crippen molar-refractivity contribution >= 4 is 23.2 Å². The van der Waals surface area contributed by atoms with Gasteiger partial charge in [0, 0.05) is 29.8 Å². The third-order valence-electron chi connectivity index (χ3n) is 4.69. The van der Waals surface area contributed by atoms with Crippen molar-refractivity contribution in [2.75, 3.05) is 10.6 Å². The number of carbonyl (C=O) groups excluding carboxylic acids is 2. The van der Waals surface area contributed by atoms with Gasteiger partial charge in [-0.3, -0.25) is 14.6 Å². The second kappa shape index (κ2) is 8.43. The molecule has 3 rings (SSSR count). The van der Waals surface area contributed by atoms with Crippen molar-refractivity contribution in [2.24, 2.45) is 5.92 Å². The normalized spacial score (nSPS) is 14.9. The number of hydrogen-bond acceptors (Lipinski definition) is 3. The Morgan fingerprint density at radius 3 is 2.31 bits per heavy atom. The molecule has 0 aliphatic heterocycles. The number of allylic oxidation sites excluding steroid dienone is 1. The van der Waals surface area contributed by atoms with Crippen molar-refractivity contribution in [2.45, 2.75) is 32.6 Å². The molecule has 1 heterocycles. The summed E-state index contributed by atoms with van der Waals surface area (Å²) in [7, 11) is 0. The van der Waals surface area contributed by atoms with E-state index in [1.165, 1.54) is 31.9 Å². The minimum absolute atomic E-state index is 0.110. The van der Waals surface area contributed by atoms with Gasteiger partial charge in [0.15, 0.2) is 0 Å². The summed E-state index contributed by atoms with van der Waals surface area (Å²) in [5.41, 5.74) is 3.01. The first-order valence-electron chi connectivity index (χ1n) is 8.92. The number of anilines is 2. The van der Waals surface area contributed by atoms with Crippen LogP contribution in [0, 0.1) is 5.92 Å². The third-order valence-corrected chi connectivity index (χ3v) is 4.69. The number of hydrogen-bond donors (Lipinski definition) is 2. The highest BCUT2D eigenvalue weighted by molar-refractivity contribution is 6.04. The highest BCUT2D eigenvalue weighted by Crippen LogP contribution is 2.30. The standard InChI is InChI=1S/C21H23N3O2/c1-15(16-5-2-3-6-16)13-20(25)23-18-8-10-19(11-9-18)24-21(26)17-7-4-12-22-14-17/h4,7-14,16H,2-3,5-6H2,1H3,(H,23,25)(H,24,26)/b15-13+. The topological polar surface area (TPSA) is 71.1 Å². The fourth-order valence-corrected chi connectivity index (χ4v) is 3.22. The van der Waals surface area contributed by atoms with Gasteiger partial charge in [0.25, 0.3) is 5.91 Å². The molecule has 5 nitrogen and oxygen atoms in total. The van der Waals surface area contributed by atoms with Gasteiger partial charge in [-0.2, -0.15) is 0 Å². The fraction of sp³-hybridized carbons (Fsp3) is 0.286. The number of benzene rings is 1. The molecule has 1 aromatic carbocycles. The first-order valence-corrected chi connectivity index (χ1v) is 8.92. The largest absolute Gasteiger partial charge is 0.323 e. The molecule has 0 unspecified atom stereocenters. The van der Waals surface area contributed by atoms with Gasteiger partial charge in [-0.1, -0.05) is 18.4 Å². The van der Waals surface area contributed by atoms with Gasteiger partial charge in [0.1, 0.15) is 0 Å². The summed E-state index contributed by atoms with van der Waals surface area (Å²) in [6.45, 7) is 2.03. The first kappa shape index (κ1) is 17.9. The van der Waals surface area contributed by atoms with Crippen molar-refractivity contribution in [1.82, 2.24) is 4.98 Å². The molecule has 1 aliphatic rings. The molecule has 2 amide bonds. The monoisotopic (exact) mass is 349 g/mol. The first-order chi connectivity index (χ1) is 12.6. The Morgan fingerprint density at radius 1 is 1.04 bits per heavy atom. The average Bonchev–Trinajstić information content (AvgIpc) is 3.19. The molecule has 0 saturated heterocycles. The number of amides is 2. The summed E-state index contributed by atoms with van der Waals surface area (Å²) in [4.78, 5) is 28.2. The van der Waals surface area contributed by atoms with Crippen LogP contribution in [0.4, 0.5) is 11.4 Å². The number of nitrogens with zero attached hydrogens (tertiary/aromatic N) is 1. The van der Waals surface area contributed by atoms with Gasteiger partial charge >= 0.3 is 0 Å². The zero-order chi connectivity index (χ0) is 18.4. The summed E-state index contributed by atoms with van der Waals surface area (Å²) in [5, 5.41) is 5.67. The molecule has 2 N–H and O–H groups in total. The van der Waals surface area contributed by atoms with Crippen molar-refractivity contribution < 1.29 is 9.59 Å². The molecule has 0 atom stereocenters. The van der Waals surface area contributed by atoms with Crippen LogP contribution in [0.2, 0.25) is 0 Å². The van der Waals surface area contributed by atoms with Crippen LogP contribution >= 0.6 is 0 Å². The second-order valence-electron chi connectivity index (χ2n) is 6.63. The van der Waals surface area contributed by atoms with E-state index < -0.39 is 0 Å². The minimum Gasteiger partial charge on any atom is -0.323 e. The van der Waals surface area contributed by atoms with E-state index in [1.54, 1.807) is 48.7 Å².